The van der Waals surface area contributed by atoms with E-state index in [1.54, 1.807) is 0 Å². The van der Waals surface area contributed by atoms with Gasteiger partial charge in [0.15, 0.2) is 5.54 Å². The van der Waals surface area contributed by atoms with Crippen LogP contribution in [-0.2, 0) is 16.5 Å². The van der Waals surface area contributed by atoms with Gasteiger partial charge in [0.1, 0.15) is 5.75 Å². The van der Waals surface area contributed by atoms with Gasteiger partial charge < -0.3 is 10.4 Å². The molecule has 0 radical (unpaired) electrons. The number of phenolic OH excluding ortho intramolecular Hbond substituents is 1. The fourth-order valence-electron chi connectivity index (χ4n) is 4.06. The molecule has 0 spiro atoms. The van der Waals surface area contributed by atoms with Crippen LogP contribution < -0.4 is 5.32 Å². The van der Waals surface area contributed by atoms with E-state index in [-0.39, 0.29) is 23.4 Å². The third-order valence-corrected chi connectivity index (χ3v) is 5.26. The highest BCUT2D eigenvalue weighted by Gasteiger charge is 2.58. The van der Waals surface area contributed by atoms with E-state index in [9.17, 15) is 31.9 Å². The molecular formula is C19H15F5N2O2. The summed E-state index contributed by atoms with van der Waals surface area (Å²) in [6, 6.07) is 8.59. The summed E-state index contributed by atoms with van der Waals surface area (Å²) in [5.41, 5.74) is -3.13. The highest BCUT2D eigenvalue weighted by molar-refractivity contribution is 6.09. The number of likely N-dealkylation sites (tertiary alicyclic amines) is 1. The first-order valence-electron chi connectivity index (χ1n) is 8.50. The second-order valence-electron chi connectivity index (χ2n) is 6.96. The molecule has 28 heavy (non-hydrogen) atoms. The van der Waals surface area contributed by atoms with Crippen molar-refractivity contribution < 1.29 is 31.9 Å². The summed E-state index contributed by atoms with van der Waals surface area (Å²) >= 11 is 0. The molecule has 2 aliphatic heterocycles. The van der Waals surface area contributed by atoms with Crippen molar-refractivity contribution >= 4 is 11.6 Å². The highest BCUT2D eigenvalue weighted by Crippen LogP contribution is 2.51. The van der Waals surface area contributed by atoms with E-state index >= 15 is 0 Å². The molecule has 1 amide bonds. The standard InChI is InChI=1S/C19H15F5N2O2/c20-17(21)8-9-26(10-17)18(11-4-6-12(27)7-5-11)13-2-1-3-14(19(22,23)24)15(13)25-16(18)28/h1-7,27H,8-10H2,(H,25,28)/t18-/m1/s1. The number of anilines is 1. The van der Waals surface area contributed by atoms with Gasteiger partial charge in [-0.1, -0.05) is 24.3 Å². The number of fused-ring (bicyclic) bond motifs is 1. The summed E-state index contributed by atoms with van der Waals surface area (Å²) < 4.78 is 68.3. The van der Waals surface area contributed by atoms with E-state index in [1.807, 2.05) is 0 Å². The number of aromatic hydroxyl groups is 1. The number of hydrogen-bond acceptors (Lipinski definition) is 3. The molecule has 1 saturated heterocycles. The molecule has 1 fully saturated rings. The van der Waals surface area contributed by atoms with Crippen LogP contribution in [0.3, 0.4) is 0 Å². The van der Waals surface area contributed by atoms with Crippen LogP contribution in [-0.4, -0.2) is 34.9 Å². The maximum atomic E-state index is 14.0. The molecule has 148 valence electrons. The Hall–Kier alpha value is -2.68. The van der Waals surface area contributed by atoms with Gasteiger partial charge in [-0.2, -0.15) is 13.2 Å². The normalized spacial score (nSPS) is 24.2. The lowest BCUT2D eigenvalue weighted by atomic mass is 9.81. The van der Waals surface area contributed by atoms with Gasteiger partial charge in [0.25, 0.3) is 11.8 Å². The number of benzene rings is 2. The molecule has 0 aromatic heterocycles. The third kappa shape index (κ3) is 2.64. The molecule has 0 aliphatic carbocycles. The van der Waals surface area contributed by atoms with Crippen LogP contribution in [0.5, 0.6) is 5.75 Å². The molecule has 4 rings (SSSR count). The molecule has 0 unspecified atom stereocenters. The lowest BCUT2D eigenvalue weighted by molar-refractivity contribution is -0.136. The zero-order valence-electron chi connectivity index (χ0n) is 14.4. The lowest BCUT2D eigenvalue weighted by Crippen LogP contribution is -2.51. The zero-order chi connectivity index (χ0) is 20.3. The Bertz CT molecular complexity index is 942. The van der Waals surface area contributed by atoms with Crippen LogP contribution >= 0.6 is 0 Å². The second kappa shape index (κ2) is 5.91. The molecule has 2 N–H and O–H groups in total. The van der Waals surface area contributed by atoms with Crippen LogP contribution in [0, 0.1) is 0 Å². The van der Waals surface area contributed by atoms with Crippen molar-refractivity contribution in [1.82, 2.24) is 4.90 Å². The number of carbonyl (C=O) groups excluding carboxylic acids is 1. The van der Waals surface area contributed by atoms with Crippen molar-refractivity contribution in [2.24, 2.45) is 0 Å². The van der Waals surface area contributed by atoms with Gasteiger partial charge in [0.05, 0.1) is 17.8 Å². The largest absolute Gasteiger partial charge is 0.508 e. The van der Waals surface area contributed by atoms with Gasteiger partial charge in [-0.3, -0.25) is 9.69 Å². The molecule has 2 aromatic carbocycles. The van der Waals surface area contributed by atoms with Crippen LogP contribution in [0.15, 0.2) is 42.5 Å². The molecular weight excluding hydrogens is 383 g/mol. The molecule has 4 nitrogen and oxygen atoms in total. The monoisotopic (exact) mass is 398 g/mol. The summed E-state index contributed by atoms with van der Waals surface area (Å²) in [5.74, 6) is -4.01. The number of nitrogens with one attached hydrogen (secondary N) is 1. The van der Waals surface area contributed by atoms with Gasteiger partial charge in [0, 0.05) is 18.5 Å². The summed E-state index contributed by atoms with van der Waals surface area (Å²) in [7, 11) is 0. The highest BCUT2D eigenvalue weighted by atomic mass is 19.4. The topological polar surface area (TPSA) is 52.6 Å². The Morgan fingerprint density at radius 2 is 1.75 bits per heavy atom. The summed E-state index contributed by atoms with van der Waals surface area (Å²) in [4.78, 5) is 14.3. The Labute approximate surface area is 156 Å². The minimum absolute atomic E-state index is 0.0317. The van der Waals surface area contributed by atoms with Crippen LogP contribution in [0.4, 0.5) is 27.6 Å². The van der Waals surface area contributed by atoms with Crippen LogP contribution in [0.2, 0.25) is 0 Å². The number of nitrogens with zero attached hydrogens (tertiary/aromatic N) is 1. The smallest absolute Gasteiger partial charge is 0.418 e. The second-order valence-corrected chi connectivity index (χ2v) is 6.96. The molecule has 2 aromatic rings. The van der Waals surface area contributed by atoms with E-state index in [1.165, 1.54) is 35.2 Å². The van der Waals surface area contributed by atoms with Crippen molar-refractivity contribution in [2.45, 2.75) is 24.1 Å². The first kappa shape index (κ1) is 18.7. The maximum Gasteiger partial charge on any atom is 0.418 e. The van der Waals surface area contributed by atoms with E-state index < -0.39 is 47.8 Å². The Morgan fingerprint density at radius 3 is 2.32 bits per heavy atom. The van der Waals surface area contributed by atoms with Gasteiger partial charge in [-0.15, -0.1) is 0 Å². The van der Waals surface area contributed by atoms with Crippen LogP contribution in [0.25, 0.3) is 0 Å². The third-order valence-electron chi connectivity index (χ3n) is 5.26. The molecule has 2 aliphatic rings. The Balaban J connectivity index is 1.99. The van der Waals surface area contributed by atoms with E-state index in [4.69, 9.17) is 0 Å². The zero-order valence-corrected chi connectivity index (χ0v) is 14.4. The van der Waals surface area contributed by atoms with Gasteiger partial charge >= 0.3 is 6.18 Å². The number of rotatable bonds is 2. The number of phenols is 1. The number of hydrogen-bond donors (Lipinski definition) is 2. The molecule has 0 bridgehead atoms. The lowest BCUT2D eigenvalue weighted by Gasteiger charge is -2.37. The Morgan fingerprint density at radius 1 is 1.07 bits per heavy atom. The summed E-state index contributed by atoms with van der Waals surface area (Å²) in [6.45, 7) is -0.937. The minimum Gasteiger partial charge on any atom is -0.508 e. The van der Waals surface area contributed by atoms with Gasteiger partial charge in [0.2, 0.25) is 0 Å². The van der Waals surface area contributed by atoms with E-state index in [2.05, 4.69) is 5.32 Å². The number of amides is 1. The van der Waals surface area contributed by atoms with Gasteiger partial charge in [-0.05, 0) is 23.8 Å². The Kier molecular flexibility index (Phi) is 3.94. The van der Waals surface area contributed by atoms with Crippen molar-refractivity contribution in [2.75, 3.05) is 18.4 Å². The predicted octanol–water partition coefficient (Wildman–Crippen LogP) is 3.95. The number of para-hydroxylation sites is 1. The van der Waals surface area contributed by atoms with E-state index in [0.29, 0.717) is 0 Å². The molecule has 0 saturated carbocycles. The first-order valence-corrected chi connectivity index (χ1v) is 8.50. The van der Waals surface area contributed by atoms with Crippen LogP contribution in [0.1, 0.15) is 23.1 Å². The predicted molar refractivity (Wildman–Crippen MR) is 90.1 cm³/mol. The van der Waals surface area contributed by atoms with E-state index in [0.717, 1.165) is 12.1 Å². The average Bonchev–Trinajstić information content (AvgIpc) is 3.11. The number of carbonyl (C=O) groups is 1. The molecule has 9 heteroatoms. The molecule has 1 atom stereocenters. The molecule has 2 heterocycles. The fraction of sp³-hybridized carbons (Fsp3) is 0.316. The van der Waals surface area contributed by atoms with Crippen molar-refractivity contribution in [3.8, 4) is 5.75 Å². The maximum absolute atomic E-state index is 14.0. The minimum atomic E-state index is -4.72. The van der Waals surface area contributed by atoms with Crippen molar-refractivity contribution in [3.05, 3.63) is 59.2 Å². The number of alkyl halides is 5. The average molecular weight is 398 g/mol. The summed E-state index contributed by atoms with van der Waals surface area (Å²) in [6.07, 6.45) is -5.23. The SMILES string of the molecule is O=C1Nc2c(C(F)(F)F)cccc2[C@@]1(c1ccc(O)cc1)N1CCC(F)(F)C1. The van der Waals surface area contributed by atoms with Crippen molar-refractivity contribution in [1.29, 1.82) is 0 Å². The summed E-state index contributed by atoms with van der Waals surface area (Å²) in [5, 5.41) is 11.8. The van der Waals surface area contributed by atoms with Gasteiger partial charge in [-0.25, -0.2) is 8.78 Å². The quantitative estimate of drug-likeness (QED) is 0.754. The fourth-order valence-corrected chi connectivity index (χ4v) is 4.06. The number of halogens is 5. The first-order chi connectivity index (χ1) is 13.1. The van der Waals surface area contributed by atoms with Crippen molar-refractivity contribution in [3.63, 3.8) is 0 Å².